The number of benzene rings is 2. The molecule has 0 radical (unpaired) electrons. The van der Waals surface area contributed by atoms with Gasteiger partial charge in [0.05, 0.1) is 16.7 Å². The Morgan fingerprint density at radius 2 is 1.93 bits per heavy atom. The maximum absolute atomic E-state index is 15.6. The maximum Gasteiger partial charge on any atom is 0.243 e. The Bertz CT molecular complexity index is 1830. The highest BCUT2D eigenvalue weighted by atomic mass is 19.1. The number of nitrogens with one attached hydrogen (secondary N) is 2. The molecule has 12 heteroatoms. The van der Waals surface area contributed by atoms with E-state index in [1.165, 1.54) is 12.4 Å². The summed E-state index contributed by atoms with van der Waals surface area (Å²) in [7, 11) is 1.81. The highest BCUT2D eigenvalue weighted by Crippen LogP contribution is 2.34. The van der Waals surface area contributed by atoms with Gasteiger partial charge >= 0.3 is 0 Å². The van der Waals surface area contributed by atoms with Crippen LogP contribution in [0.5, 0.6) is 11.5 Å². The van der Waals surface area contributed by atoms with Gasteiger partial charge in [0.25, 0.3) is 0 Å². The highest BCUT2D eigenvalue weighted by Gasteiger charge is 2.31. The van der Waals surface area contributed by atoms with Crippen LogP contribution in [0.4, 0.5) is 21.7 Å². The van der Waals surface area contributed by atoms with Crippen LogP contribution in [0.3, 0.4) is 0 Å². The van der Waals surface area contributed by atoms with Gasteiger partial charge < -0.3 is 20.3 Å². The molecule has 0 aliphatic carbocycles. The zero-order valence-corrected chi connectivity index (χ0v) is 23.6. The second-order valence-corrected chi connectivity index (χ2v) is 10.6. The molecule has 1 saturated heterocycles. The molecule has 1 fully saturated rings. The predicted molar refractivity (Wildman–Crippen MR) is 159 cm³/mol. The van der Waals surface area contributed by atoms with Crippen LogP contribution in [0.25, 0.3) is 22.1 Å². The summed E-state index contributed by atoms with van der Waals surface area (Å²) in [5.74, 6) is 1.43. The van der Waals surface area contributed by atoms with Crippen LogP contribution in [-0.2, 0) is 11.8 Å². The Labute approximate surface area is 241 Å². The van der Waals surface area contributed by atoms with Crippen LogP contribution in [0, 0.1) is 12.7 Å². The van der Waals surface area contributed by atoms with Crippen LogP contribution < -0.4 is 20.3 Å². The Balaban J connectivity index is 1.22. The molecule has 1 aliphatic rings. The van der Waals surface area contributed by atoms with Crippen molar-refractivity contribution in [3.63, 3.8) is 0 Å². The minimum atomic E-state index is -0.465. The number of halogens is 1. The Morgan fingerprint density at radius 1 is 1.12 bits per heavy atom. The molecule has 2 aromatic carbocycles. The average Bonchev–Trinajstić information content (AvgIpc) is 3.36. The van der Waals surface area contributed by atoms with E-state index in [4.69, 9.17) is 9.72 Å². The number of hydrogen-bond acceptors (Lipinski definition) is 9. The third-order valence-electron chi connectivity index (χ3n) is 7.67. The molecule has 2 N–H and O–H groups in total. The van der Waals surface area contributed by atoms with Crippen molar-refractivity contribution in [2.75, 3.05) is 23.3 Å². The normalized spacial score (nSPS) is 14.6. The Morgan fingerprint density at radius 3 is 2.71 bits per heavy atom. The van der Waals surface area contributed by atoms with Gasteiger partial charge in [-0.3, -0.25) is 4.79 Å². The van der Waals surface area contributed by atoms with E-state index in [1.807, 2.05) is 32.2 Å². The number of aromatic nitrogens is 6. The third-order valence-corrected chi connectivity index (χ3v) is 7.67. The van der Waals surface area contributed by atoms with E-state index in [0.29, 0.717) is 52.5 Å². The highest BCUT2D eigenvalue weighted by molar-refractivity contribution is 5.89. The van der Waals surface area contributed by atoms with Crippen molar-refractivity contribution in [1.29, 1.82) is 0 Å². The molecule has 11 nitrogen and oxygen atoms in total. The van der Waals surface area contributed by atoms with Gasteiger partial charge in [-0.2, -0.15) is 0 Å². The number of anilines is 3. The number of ether oxygens (including phenoxy) is 1. The second kappa shape index (κ2) is 10.7. The second-order valence-electron chi connectivity index (χ2n) is 10.6. The number of nitrogens with zero attached hydrogens (tertiary/aromatic N) is 7. The fourth-order valence-corrected chi connectivity index (χ4v) is 5.11. The quantitative estimate of drug-likeness (QED) is 0.263. The molecule has 5 aromatic rings. The van der Waals surface area contributed by atoms with E-state index < -0.39 is 5.82 Å². The van der Waals surface area contributed by atoms with Gasteiger partial charge in [0.2, 0.25) is 5.91 Å². The molecular formula is C30H30FN9O2. The van der Waals surface area contributed by atoms with E-state index >= 15 is 4.39 Å². The van der Waals surface area contributed by atoms with Crippen molar-refractivity contribution < 1.29 is 13.9 Å². The Kier molecular flexibility index (Phi) is 6.89. The van der Waals surface area contributed by atoms with Gasteiger partial charge in [0.1, 0.15) is 34.7 Å². The molecule has 42 heavy (non-hydrogen) atoms. The number of carbonyl (C=O) groups excluding carboxylic acids is 1. The fourth-order valence-electron chi connectivity index (χ4n) is 5.11. The molecule has 1 aliphatic heterocycles. The van der Waals surface area contributed by atoms with Gasteiger partial charge in [0.15, 0.2) is 11.6 Å². The number of piperidine rings is 1. The number of hydrogen-bond donors (Lipinski definition) is 2. The van der Waals surface area contributed by atoms with Crippen LogP contribution in [0.2, 0.25) is 0 Å². The monoisotopic (exact) mass is 567 g/mol. The van der Waals surface area contributed by atoms with Crippen LogP contribution in [0.1, 0.15) is 25.3 Å². The van der Waals surface area contributed by atoms with Crippen molar-refractivity contribution >= 4 is 45.3 Å². The molecule has 0 saturated carbocycles. The number of carbonyl (C=O) groups is 1. The number of amides is 1. The molecule has 0 bridgehead atoms. The molecule has 1 amide bonds. The topological polar surface area (TPSA) is 123 Å². The summed E-state index contributed by atoms with van der Waals surface area (Å²) < 4.78 is 23.3. The SMILES string of the molecule is C=CC(=O)NC1(C)CCN(c2ccc3ncnc(Nc4ccc(Oc5ccc6c(c5)nnn6C)c(C)c4F)c3n2)CC1. The zero-order chi connectivity index (χ0) is 29.4. The molecular weight excluding hydrogens is 537 g/mol. The van der Waals surface area contributed by atoms with Crippen LogP contribution in [-0.4, -0.2) is 54.5 Å². The summed E-state index contributed by atoms with van der Waals surface area (Å²) in [6.45, 7) is 8.66. The summed E-state index contributed by atoms with van der Waals surface area (Å²) in [6.07, 6.45) is 4.23. The van der Waals surface area contributed by atoms with Crippen LogP contribution in [0.15, 0.2) is 61.4 Å². The van der Waals surface area contributed by atoms with Crippen LogP contribution >= 0.6 is 0 Å². The first-order valence-corrected chi connectivity index (χ1v) is 13.6. The van der Waals surface area contributed by atoms with Crippen molar-refractivity contribution in [2.45, 2.75) is 32.2 Å². The molecule has 6 rings (SSSR count). The average molecular weight is 568 g/mol. The predicted octanol–water partition coefficient (Wildman–Crippen LogP) is 4.95. The number of pyridine rings is 1. The van der Waals surface area contributed by atoms with E-state index in [-0.39, 0.29) is 17.1 Å². The van der Waals surface area contributed by atoms with Gasteiger partial charge in [-0.05, 0) is 69.2 Å². The summed E-state index contributed by atoms with van der Waals surface area (Å²) in [5.41, 5.74) is 2.99. The van der Waals surface area contributed by atoms with Crippen molar-refractivity contribution in [3.8, 4) is 11.5 Å². The summed E-state index contributed by atoms with van der Waals surface area (Å²) >= 11 is 0. The number of rotatable bonds is 7. The maximum atomic E-state index is 15.6. The number of aryl methyl sites for hydroxylation is 1. The van der Waals surface area contributed by atoms with E-state index in [1.54, 1.807) is 35.9 Å². The molecule has 214 valence electrons. The van der Waals surface area contributed by atoms with Crippen molar-refractivity contribution in [1.82, 2.24) is 35.3 Å². The van der Waals surface area contributed by atoms with Crippen molar-refractivity contribution in [2.24, 2.45) is 7.05 Å². The summed E-state index contributed by atoms with van der Waals surface area (Å²) in [6, 6.07) is 12.5. The van der Waals surface area contributed by atoms with Gasteiger partial charge in [-0.15, -0.1) is 5.10 Å². The van der Waals surface area contributed by atoms with Crippen molar-refractivity contribution in [3.05, 3.63) is 72.8 Å². The van der Waals surface area contributed by atoms with Gasteiger partial charge in [0, 0.05) is 37.3 Å². The minimum absolute atomic E-state index is 0.173. The van der Waals surface area contributed by atoms with Gasteiger partial charge in [-0.25, -0.2) is 24.0 Å². The molecule has 4 heterocycles. The van der Waals surface area contributed by atoms with E-state index in [2.05, 4.69) is 42.4 Å². The number of fused-ring (bicyclic) bond motifs is 2. The summed E-state index contributed by atoms with van der Waals surface area (Å²) in [4.78, 5) is 27.6. The minimum Gasteiger partial charge on any atom is -0.457 e. The third kappa shape index (κ3) is 5.18. The molecule has 3 aromatic heterocycles. The van der Waals surface area contributed by atoms with Gasteiger partial charge in [-0.1, -0.05) is 11.8 Å². The zero-order valence-electron chi connectivity index (χ0n) is 23.6. The standard InChI is InChI=1S/C30H30FN9O2/c1-5-26(41)36-30(3)12-14-40(15-13-30)25-11-8-21-28(35-25)29(33-17-32-21)34-20-7-10-24(18(2)27(20)31)42-19-6-9-23-22(16-19)37-38-39(23)4/h5-11,16-17H,1,12-15H2,2-4H3,(H,36,41)(H,32,33,34). The summed E-state index contributed by atoms with van der Waals surface area (Å²) in [5, 5.41) is 14.3. The largest absolute Gasteiger partial charge is 0.457 e. The fraction of sp³-hybridized carbons (Fsp3) is 0.267. The lowest BCUT2D eigenvalue weighted by Crippen LogP contribution is -2.53. The lowest BCUT2D eigenvalue weighted by molar-refractivity contribution is -0.118. The lowest BCUT2D eigenvalue weighted by atomic mass is 9.89. The lowest BCUT2D eigenvalue weighted by Gasteiger charge is -2.40. The first-order chi connectivity index (χ1) is 20.2. The molecule has 0 unspecified atom stereocenters. The van der Waals surface area contributed by atoms with E-state index in [0.717, 1.165) is 24.2 Å². The molecule has 0 spiro atoms. The van der Waals surface area contributed by atoms with E-state index in [9.17, 15) is 4.79 Å². The first-order valence-electron chi connectivity index (χ1n) is 13.6. The smallest absolute Gasteiger partial charge is 0.243 e. The molecule has 0 atom stereocenters. The Hall–Kier alpha value is -5.13. The first kappa shape index (κ1) is 27.1.